The van der Waals surface area contributed by atoms with Crippen LogP contribution in [0.1, 0.15) is 18.1 Å². The van der Waals surface area contributed by atoms with Gasteiger partial charge in [-0.05, 0) is 80.8 Å². The molecule has 0 saturated carbocycles. The van der Waals surface area contributed by atoms with Gasteiger partial charge >= 0.3 is 5.97 Å². The minimum atomic E-state index is -0.631. The van der Waals surface area contributed by atoms with Crippen molar-refractivity contribution in [3.63, 3.8) is 0 Å². The molecule has 1 aliphatic rings. The number of imide groups is 1. The van der Waals surface area contributed by atoms with Gasteiger partial charge in [-0.1, -0.05) is 36.4 Å². The largest absolute Gasteiger partial charge is 0.493 e. The molecule has 35 heavy (non-hydrogen) atoms. The number of fused-ring (bicyclic) bond motifs is 1. The number of carbonyl (C=O) groups is 3. The fraction of sp³-hybridized carbons (Fsp3) is 0.192. The van der Waals surface area contributed by atoms with E-state index in [-0.39, 0.29) is 11.5 Å². The maximum atomic E-state index is 12.7. The van der Waals surface area contributed by atoms with Crippen LogP contribution in [0.15, 0.2) is 64.0 Å². The number of hydrogen-bond acceptors (Lipinski definition) is 7. The Morgan fingerprint density at radius 1 is 1.09 bits per heavy atom. The minimum Gasteiger partial charge on any atom is -0.493 e. The maximum Gasteiger partial charge on any atom is 0.326 e. The molecule has 3 aromatic rings. The number of carbonyl (C=O) groups excluding carboxylic acids is 3. The summed E-state index contributed by atoms with van der Waals surface area (Å²) in [5, 5.41) is 1.77. The second kappa shape index (κ2) is 11.0. The molecule has 9 heteroatoms. The SMILES string of the molecule is CCOC(=O)CN1C(=O)S/C(=C/c2cc(Br)c(OCc3ccc4ccccc4c3)c(OC)c2)C1=O. The number of amides is 2. The Morgan fingerprint density at radius 3 is 2.60 bits per heavy atom. The Balaban J connectivity index is 1.52. The van der Waals surface area contributed by atoms with Crippen molar-refractivity contribution < 1.29 is 28.6 Å². The normalized spacial score (nSPS) is 14.6. The molecule has 0 spiro atoms. The topological polar surface area (TPSA) is 82.1 Å². The van der Waals surface area contributed by atoms with E-state index in [1.807, 2.05) is 18.2 Å². The van der Waals surface area contributed by atoms with E-state index in [1.54, 1.807) is 25.1 Å². The lowest BCUT2D eigenvalue weighted by Gasteiger charge is -2.14. The molecule has 2 amide bonds. The van der Waals surface area contributed by atoms with Crippen molar-refractivity contribution in [3.8, 4) is 11.5 Å². The molecular formula is C26H22BrNO6S. The van der Waals surface area contributed by atoms with Gasteiger partial charge in [0.1, 0.15) is 13.2 Å². The third-order valence-corrected chi connectivity index (χ3v) is 6.71. The fourth-order valence-electron chi connectivity index (χ4n) is 3.57. The molecule has 0 N–H and O–H groups in total. The molecule has 7 nitrogen and oxygen atoms in total. The van der Waals surface area contributed by atoms with Crippen molar-refractivity contribution >= 4 is 61.7 Å². The lowest BCUT2D eigenvalue weighted by molar-refractivity contribution is -0.145. The number of nitrogens with zero attached hydrogens (tertiary/aromatic N) is 1. The molecular weight excluding hydrogens is 534 g/mol. The van der Waals surface area contributed by atoms with Crippen LogP contribution in [0.4, 0.5) is 4.79 Å². The zero-order valence-corrected chi connectivity index (χ0v) is 21.5. The quantitative estimate of drug-likeness (QED) is 0.257. The number of hydrogen-bond donors (Lipinski definition) is 0. The van der Waals surface area contributed by atoms with Gasteiger partial charge in [0.15, 0.2) is 11.5 Å². The summed E-state index contributed by atoms with van der Waals surface area (Å²) < 4.78 is 17.1. The number of methoxy groups -OCH3 is 1. The van der Waals surface area contributed by atoms with E-state index >= 15 is 0 Å². The van der Waals surface area contributed by atoms with E-state index in [9.17, 15) is 14.4 Å². The van der Waals surface area contributed by atoms with Crippen LogP contribution in [-0.2, 0) is 20.9 Å². The Labute approximate surface area is 215 Å². The van der Waals surface area contributed by atoms with Gasteiger partial charge in [-0.3, -0.25) is 19.3 Å². The van der Waals surface area contributed by atoms with Crippen LogP contribution in [0.5, 0.6) is 11.5 Å². The number of ether oxygens (including phenoxy) is 3. The molecule has 0 unspecified atom stereocenters. The van der Waals surface area contributed by atoms with Gasteiger partial charge in [-0.15, -0.1) is 0 Å². The van der Waals surface area contributed by atoms with Gasteiger partial charge in [0.2, 0.25) is 0 Å². The molecule has 4 rings (SSSR count). The van der Waals surface area contributed by atoms with Crippen molar-refractivity contribution in [1.82, 2.24) is 4.90 Å². The summed E-state index contributed by atoms with van der Waals surface area (Å²) in [6.45, 7) is 1.76. The highest BCUT2D eigenvalue weighted by Gasteiger charge is 2.36. The predicted molar refractivity (Wildman–Crippen MR) is 138 cm³/mol. The van der Waals surface area contributed by atoms with E-state index in [0.717, 1.165) is 33.0 Å². The highest BCUT2D eigenvalue weighted by Crippen LogP contribution is 2.39. The molecule has 180 valence electrons. The van der Waals surface area contributed by atoms with Crippen molar-refractivity contribution in [1.29, 1.82) is 0 Å². The van der Waals surface area contributed by atoms with Crippen molar-refractivity contribution in [2.75, 3.05) is 20.3 Å². The zero-order chi connectivity index (χ0) is 24.9. The number of benzene rings is 3. The first kappa shape index (κ1) is 24.8. The van der Waals surface area contributed by atoms with Crippen LogP contribution in [0.2, 0.25) is 0 Å². The first-order valence-corrected chi connectivity index (χ1v) is 12.4. The Hall–Kier alpha value is -3.30. The third-order valence-electron chi connectivity index (χ3n) is 5.21. The van der Waals surface area contributed by atoms with Crippen LogP contribution >= 0.6 is 27.7 Å². The zero-order valence-electron chi connectivity index (χ0n) is 19.1. The molecule has 0 radical (unpaired) electrons. The molecule has 3 aromatic carbocycles. The summed E-state index contributed by atoms with van der Waals surface area (Å²) in [5.74, 6) is -0.182. The van der Waals surface area contributed by atoms with Gasteiger partial charge in [0, 0.05) is 0 Å². The van der Waals surface area contributed by atoms with Gasteiger partial charge in [-0.25, -0.2) is 0 Å². The van der Waals surface area contributed by atoms with E-state index in [4.69, 9.17) is 14.2 Å². The molecule has 0 bridgehead atoms. The Morgan fingerprint density at radius 2 is 1.86 bits per heavy atom. The van der Waals surface area contributed by atoms with Crippen molar-refractivity contribution in [2.24, 2.45) is 0 Å². The van der Waals surface area contributed by atoms with E-state index < -0.39 is 23.7 Å². The van der Waals surface area contributed by atoms with E-state index in [0.29, 0.717) is 28.1 Å². The second-order valence-electron chi connectivity index (χ2n) is 7.58. The van der Waals surface area contributed by atoms with Crippen molar-refractivity contribution in [3.05, 3.63) is 75.1 Å². The highest BCUT2D eigenvalue weighted by atomic mass is 79.9. The molecule has 0 aliphatic carbocycles. The van der Waals surface area contributed by atoms with Crippen molar-refractivity contribution in [2.45, 2.75) is 13.5 Å². The third kappa shape index (κ3) is 5.68. The molecule has 1 saturated heterocycles. The summed E-state index contributed by atoms with van der Waals surface area (Å²) in [4.78, 5) is 37.7. The second-order valence-corrected chi connectivity index (χ2v) is 9.42. The van der Waals surface area contributed by atoms with Gasteiger partial charge in [0.05, 0.1) is 23.1 Å². The molecule has 0 aromatic heterocycles. The Kier molecular flexibility index (Phi) is 7.77. The lowest BCUT2D eigenvalue weighted by atomic mass is 10.1. The average molecular weight is 556 g/mol. The number of rotatable bonds is 8. The minimum absolute atomic E-state index is 0.175. The van der Waals surface area contributed by atoms with Crippen LogP contribution in [0.3, 0.4) is 0 Å². The fourth-order valence-corrected chi connectivity index (χ4v) is 4.98. The number of thioether (sulfide) groups is 1. The molecule has 0 atom stereocenters. The van der Waals surface area contributed by atoms with Gasteiger partial charge in [-0.2, -0.15) is 0 Å². The van der Waals surface area contributed by atoms with E-state index in [2.05, 4.69) is 40.2 Å². The van der Waals surface area contributed by atoms with Crippen LogP contribution in [0.25, 0.3) is 16.8 Å². The summed E-state index contributed by atoms with van der Waals surface area (Å²) in [7, 11) is 1.53. The first-order chi connectivity index (χ1) is 16.9. The molecule has 1 heterocycles. The summed E-state index contributed by atoms with van der Waals surface area (Å²) in [5.41, 5.74) is 1.64. The predicted octanol–water partition coefficient (Wildman–Crippen LogP) is 5.79. The Bertz CT molecular complexity index is 1340. The molecule has 1 fully saturated rings. The standard InChI is InChI=1S/C26H22BrNO6S/c1-3-33-23(29)14-28-25(30)22(35-26(28)31)13-17-11-20(27)24(21(12-17)32-2)34-15-16-8-9-18-6-4-5-7-19(18)10-16/h4-13H,3,14-15H2,1-2H3/b22-13+. The highest BCUT2D eigenvalue weighted by molar-refractivity contribution is 9.10. The first-order valence-electron chi connectivity index (χ1n) is 10.8. The maximum absolute atomic E-state index is 12.7. The smallest absolute Gasteiger partial charge is 0.326 e. The summed E-state index contributed by atoms with van der Waals surface area (Å²) in [6, 6.07) is 17.8. The van der Waals surface area contributed by atoms with E-state index in [1.165, 1.54) is 7.11 Å². The molecule has 1 aliphatic heterocycles. The van der Waals surface area contributed by atoms with Gasteiger partial charge in [0.25, 0.3) is 11.1 Å². The summed E-state index contributed by atoms with van der Waals surface area (Å²) >= 11 is 4.30. The number of esters is 1. The lowest BCUT2D eigenvalue weighted by Crippen LogP contribution is -2.34. The summed E-state index contributed by atoms with van der Waals surface area (Å²) in [6.07, 6.45) is 1.58. The van der Waals surface area contributed by atoms with Crippen LogP contribution in [-0.4, -0.2) is 42.3 Å². The monoisotopic (exact) mass is 555 g/mol. The number of halogens is 1. The van der Waals surface area contributed by atoms with Crippen LogP contribution in [0, 0.1) is 0 Å². The van der Waals surface area contributed by atoms with Crippen LogP contribution < -0.4 is 9.47 Å². The van der Waals surface area contributed by atoms with Gasteiger partial charge < -0.3 is 14.2 Å². The average Bonchev–Trinajstić information content (AvgIpc) is 3.10.